The highest BCUT2D eigenvalue weighted by Gasteiger charge is 2.29. The first kappa shape index (κ1) is 9.43. The Kier molecular flexibility index (Phi) is 2.39. The van der Waals surface area contributed by atoms with Crippen molar-refractivity contribution >= 4 is 5.69 Å². The molecule has 0 aromatic carbocycles. The molecule has 14 heavy (non-hydrogen) atoms. The lowest BCUT2D eigenvalue weighted by atomic mass is 9.94. The second kappa shape index (κ2) is 3.55. The van der Waals surface area contributed by atoms with E-state index in [0.29, 0.717) is 12.0 Å². The van der Waals surface area contributed by atoms with Crippen molar-refractivity contribution in [1.82, 2.24) is 15.4 Å². The van der Waals surface area contributed by atoms with Gasteiger partial charge >= 0.3 is 0 Å². The molecule has 1 aromatic heterocycles. The van der Waals surface area contributed by atoms with Crippen LogP contribution in [0.1, 0.15) is 18.4 Å². The Morgan fingerprint density at radius 1 is 1.64 bits per heavy atom. The highest BCUT2D eigenvalue weighted by molar-refractivity contribution is 5.47. The van der Waals surface area contributed by atoms with Crippen molar-refractivity contribution in [2.45, 2.75) is 18.9 Å². The summed E-state index contributed by atoms with van der Waals surface area (Å²) in [5, 5.41) is 2.11. The molecule has 2 heterocycles. The summed E-state index contributed by atoms with van der Waals surface area (Å²) in [7, 11) is 2.05. The fourth-order valence-electron chi connectivity index (χ4n) is 2.07. The molecule has 1 aromatic rings. The minimum absolute atomic E-state index is 0.435. The minimum Gasteiger partial charge on any atom is -0.397 e. The van der Waals surface area contributed by atoms with Crippen LogP contribution in [0, 0.1) is 0 Å². The largest absolute Gasteiger partial charge is 0.397 e. The molecule has 0 saturated carbocycles. The van der Waals surface area contributed by atoms with Crippen molar-refractivity contribution in [3.8, 4) is 0 Å². The molecule has 0 aliphatic carbocycles. The highest BCUT2D eigenvalue weighted by Crippen LogP contribution is 2.28. The van der Waals surface area contributed by atoms with Crippen LogP contribution in [0.2, 0.25) is 0 Å². The van der Waals surface area contributed by atoms with Crippen molar-refractivity contribution < 1.29 is 0 Å². The van der Waals surface area contributed by atoms with Gasteiger partial charge in [-0.2, -0.15) is 0 Å². The molecule has 4 heteroatoms. The van der Waals surface area contributed by atoms with E-state index in [4.69, 9.17) is 5.73 Å². The minimum atomic E-state index is 0.435. The highest BCUT2D eigenvalue weighted by atomic mass is 15.5. The molecule has 4 nitrogen and oxygen atoms in total. The average Bonchev–Trinajstić information content (AvgIpc) is 2.46. The number of nitrogen functional groups attached to an aromatic ring is 1. The van der Waals surface area contributed by atoms with Crippen LogP contribution in [-0.4, -0.2) is 29.6 Å². The second-order valence-corrected chi connectivity index (χ2v) is 3.91. The van der Waals surface area contributed by atoms with Crippen LogP contribution in [0.15, 0.2) is 18.5 Å². The Balaban J connectivity index is 2.27. The standard InChI is InChI=1S/C10H16N4/c1-7-9(6-14(2)13-7)8-3-4-12-5-10(8)11/h3-5,7,9,13H,6,11H2,1-2H3. The van der Waals surface area contributed by atoms with Gasteiger partial charge in [0.2, 0.25) is 0 Å². The fraction of sp³-hybridized carbons (Fsp3) is 0.500. The first-order chi connectivity index (χ1) is 6.68. The first-order valence-electron chi connectivity index (χ1n) is 4.85. The number of rotatable bonds is 1. The van der Waals surface area contributed by atoms with Gasteiger partial charge in [0.15, 0.2) is 0 Å². The molecule has 76 valence electrons. The van der Waals surface area contributed by atoms with Gasteiger partial charge in [-0.05, 0) is 18.6 Å². The molecule has 0 radical (unpaired) electrons. The lowest BCUT2D eigenvalue weighted by Crippen LogP contribution is -2.30. The first-order valence-corrected chi connectivity index (χ1v) is 4.85. The summed E-state index contributed by atoms with van der Waals surface area (Å²) < 4.78 is 0. The number of likely N-dealkylation sites (N-methyl/N-ethyl adjacent to an activating group) is 1. The smallest absolute Gasteiger partial charge is 0.0537 e. The van der Waals surface area contributed by atoms with Crippen LogP contribution < -0.4 is 11.2 Å². The summed E-state index contributed by atoms with van der Waals surface area (Å²) in [6.45, 7) is 3.17. The number of pyridine rings is 1. The van der Waals surface area contributed by atoms with Gasteiger partial charge in [0.25, 0.3) is 0 Å². The Hall–Kier alpha value is -1.13. The predicted octanol–water partition coefficient (Wildman–Crippen LogP) is 0.586. The van der Waals surface area contributed by atoms with Gasteiger partial charge in [-0.15, -0.1) is 0 Å². The number of nitrogens with two attached hydrogens (primary N) is 1. The van der Waals surface area contributed by atoms with Crippen LogP contribution in [0.5, 0.6) is 0 Å². The maximum atomic E-state index is 5.90. The van der Waals surface area contributed by atoms with E-state index in [1.54, 1.807) is 12.4 Å². The summed E-state index contributed by atoms with van der Waals surface area (Å²) in [6, 6.07) is 2.45. The predicted molar refractivity (Wildman–Crippen MR) is 56.6 cm³/mol. The molecule has 0 amide bonds. The summed E-state index contributed by atoms with van der Waals surface area (Å²) in [4.78, 5) is 4.00. The zero-order chi connectivity index (χ0) is 10.1. The molecular formula is C10H16N4. The van der Waals surface area contributed by atoms with Crippen molar-refractivity contribution in [3.05, 3.63) is 24.0 Å². The van der Waals surface area contributed by atoms with Crippen molar-refractivity contribution in [2.75, 3.05) is 19.3 Å². The van der Waals surface area contributed by atoms with Crippen molar-refractivity contribution in [2.24, 2.45) is 0 Å². The number of nitrogens with zero attached hydrogens (tertiary/aromatic N) is 2. The van der Waals surface area contributed by atoms with Crippen LogP contribution in [0.4, 0.5) is 5.69 Å². The summed E-state index contributed by atoms with van der Waals surface area (Å²) >= 11 is 0. The average molecular weight is 192 g/mol. The van der Waals surface area contributed by atoms with E-state index in [0.717, 1.165) is 12.2 Å². The SMILES string of the molecule is CC1NN(C)CC1c1ccncc1N. The van der Waals surface area contributed by atoms with Crippen molar-refractivity contribution in [1.29, 1.82) is 0 Å². The molecule has 1 fully saturated rings. The zero-order valence-electron chi connectivity index (χ0n) is 8.57. The van der Waals surface area contributed by atoms with Gasteiger partial charge < -0.3 is 5.73 Å². The summed E-state index contributed by atoms with van der Waals surface area (Å²) in [6.07, 6.45) is 3.52. The summed E-state index contributed by atoms with van der Waals surface area (Å²) in [5.74, 6) is 0.461. The van der Waals surface area contributed by atoms with E-state index >= 15 is 0 Å². The molecule has 2 unspecified atom stereocenters. The van der Waals surface area contributed by atoms with E-state index in [1.165, 1.54) is 5.56 Å². The quantitative estimate of drug-likeness (QED) is 0.683. The third-order valence-corrected chi connectivity index (χ3v) is 2.78. The molecular weight excluding hydrogens is 176 g/mol. The monoisotopic (exact) mass is 192 g/mol. The number of nitrogens with one attached hydrogen (secondary N) is 1. The van der Waals surface area contributed by atoms with Crippen LogP contribution >= 0.6 is 0 Å². The molecule has 1 aliphatic rings. The Labute approximate surface area is 84.1 Å². The van der Waals surface area contributed by atoms with Gasteiger partial charge in [-0.25, -0.2) is 5.01 Å². The maximum absolute atomic E-state index is 5.90. The van der Waals surface area contributed by atoms with E-state index < -0.39 is 0 Å². The number of aromatic nitrogens is 1. The molecule has 0 bridgehead atoms. The maximum Gasteiger partial charge on any atom is 0.0537 e. The number of anilines is 1. The van der Waals surface area contributed by atoms with Gasteiger partial charge in [0.05, 0.1) is 11.9 Å². The molecule has 2 rings (SSSR count). The molecule has 1 aliphatic heterocycles. The fourth-order valence-corrected chi connectivity index (χ4v) is 2.07. The van der Waals surface area contributed by atoms with E-state index in [2.05, 4.69) is 22.3 Å². The Morgan fingerprint density at radius 3 is 3.00 bits per heavy atom. The van der Waals surface area contributed by atoms with Gasteiger partial charge in [0.1, 0.15) is 0 Å². The van der Waals surface area contributed by atoms with Crippen LogP contribution in [0.25, 0.3) is 0 Å². The summed E-state index contributed by atoms with van der Waals surface area (Å²) in [5.41, 5.74) is 11.2. The van der Waals surface area contributed by atoms with E-state index in [9.17, 15) is 0 Å². The lowest BCUT2D eigenvalue weighted by Gasteiger charge is -2.15. The molecule has 2 atom stereocenters. The van der Waals surface area contributed by atoms with Crippen LogP contribution in [-0.2, 0) is 0 Å². The number of hydrogen-bond acceptors (Lipinski definition) is 4. The number of hydrogen-bond donors (Lipinski definition) is 2. The van der Waals surface area contributed by atoms with Gasteiger partial charge in [-0.3, -0.25) is 10.4 Å². The Morgan fingerprint density at radius 2 is 2.43 bits per heavy atom. The lowest BCUT2D eigenvalue weighted by molar-refractivity contribution is 0.296. The van der Waals surface area contributed by atoms with Crippen molar-refractivity contribution in [3.63, 3.8) is 0 Å². The van der Waals surface area contributed by atoms with Crippen LogP contribution in [0.3, 0.4) is 0 Å². The third kappa shape index (κ3) is 1.58. The van der Waals surface area contributed by atoms with E-state index in [-0.39, 0.29) is 0 Å². The van der Waals surface area contributed by atoms with Gasteiger partial charge in [-0.1, -0.05) is 0 Å². The normalized spacial score (nSPS) is 28.1. The molecule has 1 saturated heterocycles. The Bertz CT molecular complexity index is 326. The molecule has 3 N–H and O–H groups in total. The van der Waals surface area contributed by atoms with E-state index in [1.807, 2.05) is 13.1 Å². The topological polar surface area (TPSA) is 54.2 Å². The third-order valence-electron chi connectivity index (χ3n) is 2.78. The second-order valence-electron chi connectivity index (χ2n) is 3.91. The zero-order valence-corrected chi connectivity index (χ0v) is 8.57. The molecule has 0 spiro atoms. The number of hydrazine groups is 1. The van der Waals surface area contributed by atoms with Gasteiger partial charge in [0, 0.05) is 31.7 Å².